The lowest BCUT2D eigenvalue weighted by Crippen LogP contribution is -2.30. The van der Waals surface area contributed by atoms with Gasteiger partial charge < -0.3 is 15.3 Å². The highest BCUT2D eigenvalue weighted by Gasteiger charge is 2.21. The van der Waals surface area contributed by atoms with Crippen LogP contribution in [0.4, 0.5) is 0 Å². The van der Waals surface area contributed by atoms with Crippen molar-refractivity contribution in [2.24, 2.45) is 0 Å². The summed E-state index contributed by atoms with van der Waals surface area (Å²) in [5.74, 6) is -0.0709. The lowest BCUT2D eigenvalue weighted by atomic mass is 9.90. The highest BCUT2D eigenvalue weighted by atomic mass is 35.5. The number of aromatic nitrogens is 2. The van der Waals surface area contributed by atoms with Gasteiger partial charge >= 0.3 is 0 Å². The van der Waals surface area contributed by atoms with E-state index in [1.54, 1.807) is 0 Å². The zero-order valence-corrected chi connectivity index (χ0v) is 17.6. The maximum Gasteiger partial charge on any atom is 0.224 e. The molecule has 4 nitrogen and oxygen atoms in total. The van der Waals surface area contributed by atoms with Crippen molar-refractivity contribution < 1.29 is 4.79 Å². The van der Waals surface area contributed by atoms with E-state index in [1.165, 1.54) is 0 Å². The fourth-order valence-electron chi connectivity index (χ4n) is 4.26. The average Bonchev–Trinajstić information content (AvgIpc) is 3.40. The number of hydrogen-bond donors (Lipinski definition) is 3. The van der Waals surface area contributed by atoms with Crippen LogP contribution in [-0.2, 0) is 11.2 Å². The second kappa shape index (κ2) is 8.32. The fraction of sp³-hybridized carbons (Fsp3) is 0.115. The van der Waals surface area contributed by atoms with Crippen LogP contribution in [0.5, 0.6) is 0 Å². The van der Waals surface area contributed by atoms with Gasteiger partial charge in [0.05, 0.1) is 6.42 Å². The number of benzene rings is 3. The molecule has 0 radical (unpaired) electrons. The number of nitrogens with one attached hydrogen (secondary N) is 3. The first-order valence-corrected chi connectivity index (χ1v) is 10.7. The molecule has 5 heteroatoms. The van der Waals surface area contributed by atoms with Gasteiger partial charge in [-0.2, -0.15) is 0 Å². The summed E-state index contributed by atoms with van der Waals surface area (Å²) in [6.07, 6.45) is 4.26. The quantitative estimate of drug-likeness (QED) is 0.315. The summed E-state index contributed by atoms with van der Waals surface area (Å²) < 4.78 is 0. The summed E-state index contributed by atoms with van der Waals surface area (Å²) in [7, 11) is 0. The van der Waals surface area contributed by atoms with Gasteiger partial charge in [-0.25, -0.2) is 0 Å². The Morgan fingerprint density at radius 2 is 1.45 bits per heavy atom. The molecular weight excluding hydrogens is 406 g/mol. The second-order valence-corrected chi connectivity index (χ2v) is 8.11. The number of aromatic amines is 2. The zero-order valence-electron chi connectivity index (χ0n) is 16.9. The lowest BCUT2D eigenvalue weighted by Gasteiger charge is -2.19. The molecule has 5 rings (SSSR count). The van der Waals surface area contributed by atoms with Crippen molar-refractivity contribution in [3.8, 4) is 0 Å². The van der Waals surface area contributed by atoms with Gasteiger partial charge in [-0.05, 0) is 34.9 Å². The van der Waals surface area contributed by atoms with Gasteiger partial charge in [0.1, 0.15) is 0 Å². The fourth-order valence-corrected chi connectivity index (χ4v) is 4.52. The molecule has 0 saturated carbocycles. The van der Waals surface area contributed by atoms with Crippen LogP contribution in [0.3, 0.4) is 0 Å². The minimum absolute atomic E-state index is 0.0124. The molecule has 0 spiro atoms. The molecule has 2 aromatic heterocycles. The summed E-state index contributed by atoms with van der Waals surface area (Å²) in [5, 5.41) is 6.05. The molecule has 0 aliphatic carbocycles. The van der Waals surface area contributed by atoms with Crippen molar-refractivity contribution in [3.05, 3.63) is 107 Å². The first-order chi connectivity index (χ1) is 15.2. The Bertz CT molecular complexity index is 1370. The smallest absolute Gasteiger partial charge is 0.224 e. The van der Waals surface area contributed by atoms with E-state index in [9.17, 15) is 4.79 Å². The molecule has 5 aromatic rings. The van der Waals surface area contributed by atoms with Crippen LogP contribution in [0, 0.1) is 0 Å². The molecule has 154 valence electrons. The van der Waals surface area contributed by atoms with E-state index in [0.29, 0.717) is 18.0 Å². The number of rotatable bonds is 6. The molecule has 1 atom stereocenters. The van der Waals surface area contributed by atoms with Crippen molar-refractivity contribution in [1.82, 2.24) is 15.3 Å². The maximum atomic E-state index is 12.8. The van der Waals surface area contributed by atoms with Crippen LogP contribution in [0.2, 0.25) is 5.02 Å². The molecule has 0 fully saturated rings. The third kappa shape index (κ3) is 3.82. The van der Waals surface area contributed by atoms with Gasteiger partial charge in [-0.1, -0.05) is 66.2 Å². The van der Waals surface area contributed by atoms with Gasteiger partial charge in [0.25, 0.3) is 0 Å². The summed E-state index contributed by atoms with van der Waals surface area (Å²) in [6, 6.07) is 24.0. The number of halogens is 1. The van der Waals surface area contributed by atoms with Crippen molar-refractivity contribution in [2.75, 3.05) is 6.54 Å². The van der Waals surface area contributed by atoms with Crippen LogP contribution in [0.15, 0.2) is 85.2 Å². The highest BCUT2D eigenvalue weighted by molar-refractivity contribution is 6.31. The molecule has 3 N–H and O–H groups in total. The first-order valence-electron chi connectivity index (χ1n) is 10.3. The second-order valence-electron chi connectivity index (χ2n) is 7.70. The van der Waals surface area contributed by atoms with Crippen molar-refractivity contribution in [3.63, 3.8) is 0 Å². The van der Waals surface area contributed by atoms with Gasteiger partial charge in [0.15, 0.2) is 0 Å². The maximum absolute atomic E-state index is 12.8. The monoisotopic (exact) mass is 427 g/mol. The minimum Gasteiger partial charge on any atom is -0.361 e. The number of fused-ring (bicyclic) bond motifs is 2. The van der Waals surface area contributed by atoms with Crippen LogP contribution >= 0.6 is 11.6 Å². The van der Waals surface area contributed by atoms with E-state index >= 15 is 0 Å². The summed E-state index contributed by atoms with van der Waals surface area (Å²) in [4.78, 5) is 19.4. The predicted octanol–water partition coefficient (Wildman–Crippen LogP) is 5.79. The Labute approximate surface area is 185 Å². The number of hydrogen-bond acceptors (Lipinski definition) is 1. The molecule has 3 aromatic carbocycles. The van der Waals surface area contributed by atoms with Gasteiger partial charge in [0.2, 0.25) is 5.91 Å². The van der Waals surface area contributed by atoms with Crippen LogP contribution in [0.25, 0.3) is 21.8 Å². The van der Waals surface area contributed by atoms with E-state index in [1.807, 2.05) is 73.1 Å². The third-order valence-corrected chi connectivity index (χ3v) is 6.15. The van der Waals surface area contributed by atoms with E-state index in [0.717, 1.165) is 38.5 Å². The molecule has 0 saturated heterocycles. The van der Waals surface area contributed by atoms with E-state index < -0.39 is 0 Å². The molecule has 0 aliphatic rings. The van der Waals surface area contributed by atoms with E-state index in [2.05, 4.69) is 27.4 Å². The normalized spacial score (nSPS) is 12.3. The van der Waals surface area contributed by atoms with Crippen molar-refractivity contribution in [2.45, 2.75) is 12.3 Å². The van der Waals surface area contributed by atoms with Crippen LogP contribution in [-0.4, -0.2) is 22.4 Å². The Morgan fingerprint density at radius 1 is 0.806 bits per heavy atom. The van der Waals surface area contributed by atoms with Crippen molar-refractivity contribution in [1.29, 1.82) is 0 Å². The van der Waals surface area contributed by atoms with E-state index in [4.69, 9.17) is 11.6 Å². The number of amides is 1. The standard InChI is InChI=1S/C26H22ClN3O/c27-23-10-4-1-8-19(23)21(22-15-29-25-12-6-3-9-20(22)25)16-30-26(31)13-17-14-28-24-11-5-2-7-18(17)24/h1-12,14-15,21,28-29H,13,16H2,(H,30,31)/t21-/m1/s1. The average molecular weight is 428 g/mol. The molecule has 0 unspecified atom stereocenters. The number of carbonyl (C=O) groups excluding carboxylic acids is 1. The van der Waals surface area contributed by atoms with Gasteiger partial charge in [0, 0.05) is 51.7 Å². The van der Waals surface area contributed by atoms with Crippen LogP contribution in [0.1, 0.15) is 22.6 Å². The molecule has 0 aliphatic heterocycles. The van der Waals surface area contributed by atoms with Crippen LogP contribution < -0.4 is 5.32 Å². The molecular formula is C26H22ClN3O. The molecule has 0 bridgehead atoms. The minimum atomic E-state index is -0.0585. The SMILES string of the molecule is O=C(Cc1c[nH]c2ccccc12)NC[C@H](c1ccccc1Cl)c1c[nH]c2ccccc12. The number of para-hydroxylation sites is 2. The summed E-state index contributed by atoms with van der Waals surface area (Å²) >= 11 is 6.56. The topological polar surface area (TPSA) is 60.7 Å². The Balaban J connectivity index is 1.41. The summed E-state index contributed by atoms with van der Waals surface area (Å²) in [5.41, 5.74) is 5.23. The largest absolute Gasteiger partial charge is 0.361 e. The van der Waals surface area contributed by atoms with E-state index in [-0.39, 0.29) is 11.8 Å². The zero-order chi connectivity index (χ0) is 21.2. The molecule has 2 heterocycles. The van der Waals surface area contributed by atoms with Gasteiger partial charge in [-0.3, -0.25) is 4.79 Å². The highest BCUT2D eigenvalue weighted by Crippen LogP contribution is 2.34. The lowest BCUT2D eigenvalue weighted by molar-refractivity contribution is -0.120. The van der Waals surface area contributed by atoms with Gasteiger partial charge in [-0.15, -0.1) is 0 Å². The molecule has 31 heavy (non-hydrogen) atoms. The predicted molar refractivity (Wildman–Crippen MR) is 127 cm³/mol. The van der Waals surface area contributed by atoms with Crippen molar-refractivity contribution >= 4 is 39.3 Å². The number of carbonyl (C=O) groups is 1. The Hall–Kier alpha value is -3.50. The first kappa shape index (κ1) is 19.5. The third-order valence-electron chi connectivity index (χ3n) is 5.81. The Kier molecular flexibility index (Phi) is 5.23. The number of H-pyrrole nitrogens is 2. The molecule has 1 amide bonds. The summed E-state index contributed by atoms with van der Waals surface area (Å²) in [6.45, 7) is 0.465. The Morgan fingerprint density at radius 3 is 2.26 bits per heavy atom.